The van der Waals surface area contributed by atoms with Crippen LogP contribution in [0.5, 0.6) is 0 Å². The maximum atomic E-state index is 9.10. The summed E-state index contributed by atoms with van der Waals surface area (Å²) in [5.41, 5.74) is 0. The van der Waals surface area contributed by atoms with Gasteiger partial charge in [-0.3, -0.25) is 0 Å². The summed E-state index contributed by atoms with van der Waals surface area (Å²) in [6.45, 7) is 7.54. The highest BCUT2D eigenvalue weighted by Gasteiger charge is 2.40. The summed E-state index contributed by atoms with van der Waals surface area (Å²) in [7, 11) is 0. The van der Waals surface area contributed by atoms with Crippen molar-refractivity contribution in [2.24, 2.45) is 23.7 Å². The first kappa shape index (κ1) is 13.3. The molecule has 0 bridgehead atoms. The molecule has 0 radical (unpaired) electrons. The molecular formula is C14H26O3. The first-order valence-electron chi connectivity index (χ1n) is 6.99. The number of aliphatic hydroxyl groups is 1. The fourth-order valence-electron chi connectivity index (χ4n) is 3.38. The van der Waals surface area contributed by atoms with Crippen LogP contribution >= 0.6 is 0 Å². The second kappa shape index (κ2) is 5.68. The van der Waals surface area contributed by atoms with E-state index in [0.29, 0.717) is 24.4 Å². The topological polar surface area (TPSA) is 38.7 Å². The normalized spacial score (nSPS) is 43.2. The van der Waals surface area contributed by atoms with Crippen molar-refractivity contribution in [3.63, 3.8) is 0 Å². The molecule has 0 amide bonds. The molecule has 1 saturated heterocycles. The molecule has 2 aliphatic rings. The van der Waals surface area contributed by atoms with E-state index in [1.807, 2.05) is 0 Å². The molecule has 5 unspecified atom stereocenters. The van der Waals surface area contributed by atoms with Gasteiger partial charge in [0.25, 0.3) is 0 Å². The van der Waals surface area contributed by atoms with Gasteiger partial charge in [0.05, 0.1) is 13.2 Å². The van der Waals surface area contributed by atoms with Crippen molar-refractivity contribution in [3.05, 3.63) is 0 Å². The van der Waals surface area contributed by atoms with Crippen molar-refractivity contribution in [1.82, 2.24) is 0 Å². The van der Waals surface area contributed by atoms with Crippen LogP contribution in [0.4, 0.5) is 0 Å². The second-order valence-corrected chi connectivity index (χ2v) is 6.13. The predicted molar refractivity (Wildman–Crippen MR) is 66.5 cm³/mol. The molecule has 1 heterocycles. The van der Waals surface area contributed by atoms with Gasteiger partial charge in [0.15, 0.2) is 6.29 Å². The Morgan fingerprint density at radius 3 is 2.65 bits per heavy atom. The van der Waals surface area contributed by atoms with Gasteiger partial charge < -0.3 is 14.6 Å². The zero-order valence-electron chi connectivity index (χ0n) is 11.3. The van der Waals surface area contributed by atoms with Crippen LogP contribution in [-0.4, -0.2) is 30.7 Å². The lowest BCUT2D eigenvalue weighted by Crippen LogP contribution is -2.37. The van der Waals surface area contributed by atoms with Crippen molar-refractivity contribution in [2.45, 2.75) is 52.4 Å². The highest BCUT2D eigenvalue weighted by molar-refractivity contribution is 4.84. The Morgan fingerprint density at radius 2 is 2.06 bits per heavy atom. The van der Waals surface area contributed by atoms with E-state index in [2.05, 4.69) is 20.8 Å². The minimum absolute atomic E-state index is 0.0745. The lowest BCUT2D eigenvalue weighted by molar-refractivity contribution is -0.134. The summed E-state index contributed by atoms with van der Waals surface area (Å²) in [4.78, 5) is 0. The quantitative estimate of drug-likeness (QED) is 0.826. The monoisotopic (exact) mass is 242 g/mol. The van der Waals surface area contributed by atoms with Gasteiger partial charge in [-0.15, -0.1) is 0 Å². The Morgan fingerprint density at radius 1 is 1.29 bits per heavy atom. The fourth-order valence-corrected chi connectivity index (χ4v) is 3.38. The minimum Gasteiger partial charge on any atom is -0.394 e. The molecule has 0 aromatic rings. The summed E-state index contributed by atoms with van der Waals surface area (Å²) in [6, 6.07) is 0. The van der Waals surface area contributed by atoms with Gasteiger partial charge in [0.2, 0.25) is 0 Å². The zero-order valence-corrected chi connectivity index (χ0v) is 11.3. The number of hydrogen-bond acceptors (Lipinski definition) is 3. The molecule has 1 saturated carbocycles. The largest absolute Gasteiger partial charge is 0.394 e. The maximum absolute atomic E-state index is 9.10. The zero-order chi connectivity index (χ0) is 12.4. The molecule has 100 valence electrons. The van der Waals surface area contributed by atoms with Gasteiger partial charge in [-0.1, -0.05) is 27.2 Å². The van der Waals surface area contributed by atoms with E-state index in [1.165, 1.54) is 19.3 Å². The van der Waals surface area contributed by atoms with E-state index in [9.17, 15) is 0 Å². The van der Waals surface area contributed by atoms with Gasteiger partial charge in [0.1, 0.15) is 6.10 Å². The number of rotatable bonds is 3. The first-order valence-corrected chi connectivity index (χ1v) is 6.99. The smallest absolute Gasteiger partial charge is 0.161 e. The van der Waals surface area contributed by atoms with Crippen LogP contribution in [0, 0.1) is 23.7 Å². The predicted octanol–water partition coefficient (Wildman–Crippen LogP) is 2.43. The highest BCUT2D eigenvalue weighted by Crippen LogP contribution is 2.42. The molecule has 1 N–H and O–H groups in total. The molecule has 2 fully saturated rings. The number of aliphatic hydroxyl groups excluding tert-OH is 1. The highest BCUT2D eigenvalue weighted by atomic mass is 16.7. The first-order chi connectivity index (χ1) is 8.11. The van der Waals surface area contributed by atoms with Crippen LogP contribution in [0.15, 0.2) is 0 Å². The third-order valence-corrected chi connectivity index (χ3v) is 4.40. The molecular weight excluding hydrogens is 216 g/mol. The van der Waals surface area contributed by atoms with Crippen molar-refractivity contribution < 1.29 is 14.6 Å². The van der Waals surface area contributed by atoms with E-state index in [1.54, 1.807) is 0 Å². The molecule has 3 heteroatoms. The molecule has 0 spiro atoms. The summed E-state index contributed by atoms with van der Waals surface area (Å²) < 4.78 is 11.5. The second-order valence-electron chi connectivity index (χ2n) is 6.13. The Labute approximate surface area is 104 Å². The molecule has 17 heavy (non-hydrogen) atoms. The molecule has 5 atom stereocenters. The number of ether oxygens (including phenoxy) is 2. The summed E-state index contributed by atoms with van der Waals surface area (Å²) >= 11 is 0. The van der Waals surface area contributed by atoms with Gasteiger partial charge >= 0.3 is 0 Å². The van der Waals surface area contributed by atoms with Crippen LogP contribution in [-0.2, 0) is 9.47 Å². The van der Waals surface area contributed by atoms with E-state index in [-0.39, 0.29) is 19.0 Å². The van der Waals surface area contributed by atoms with Crippen LogP contribution in [0.25, 0.3) is 0 Å². The van der Waals surface area contributed by atoms with Crippen molar-refractivity contribution in [2.75, 3.05) is 13.2 Å². The van der Waals surface area contributed by atoms with E-state index in [4.69, 9.17) is 14.6 Å². The molecule has 1 aliphatic carbocycles. The van der Waals surface area contributed by atoms with Crippen molar-refractivity contribution in [3.8, 4) is 0 Å². The Bertz CT molecular complexity index is 242. The molecule has 0 aromatic heterocycles. The van der Waals surface area contributed by atoms with Gasteiger partial charge in [-0.2, -0.15) is 0 Å². The van der Waals surface area contributed by atoms with Gasteiger partial charge in [0, 0.05) is 5.92 Å². The van der Waals surface area contributed by atoms with Crippen LogP contribution < -0.4 is 0 Å². The average Bonchev–Trinajstić information content (AvgIpc) is 2.76. The van der Waals surface area contributed by atoms with Crippen LogP contribution in [0.3, 0.4) is 0 Å². The molecule has 0 aromatic carbocycles. The number of hydrogen-bond donors (Lipinski definition) is 1. The summed E-state index contributed by atoms with van der Waals surface area (Å²) in [6.07, 6.45) is 3.63. The molecule has 2 rings (SSSR count). The lowest BCUT2D eigenvalue weighted by Gasteiger charge is -2.39. The Kier molecular flexibility index (Phi) is 4.45. The third-order valence-electron chi connectivity index (χ3n) is 4.40. The summed E-state index contributed by atoms with van der Waals surface area (Å²) in [5, 5.41) is 9.10. The Hall–Kier alpha value is -0.120. The maximum Gasteiger partial charge on any atom is 0.161 e. The van der Waals surface area contributed by atoms with Crippen LogP contribution in [0.2, 0.25) is 0 Å². The van der Waals surface area contributed by atoms with Crippen molar-refractivity contribution >= 4 is 0 Å². The SMILES string of the molecule is CC1CCC(C(C)C)C(C2OCC(CO)O2)C1. The minimum atomic E-state index is -0.106. The lowest BCUT2D eigenvalue weighted by atomic mass is 9.70. The van der Waals surface area contributed by atoms with Gasteiger partial charge in [-0.25, -0.2) is 0 Å². The van der Waals surface area contributed by atoms with Crippen LogP contribution in [0.1, 0.15) is 40.0 Å². The van der Waals surface area contributed by atoms with E-state index in [0.717, 1.165) is 5.92 Å². The standard InChI is InChI=1S/C14H26O3/c1-9(2)12-5-4-10(3)6-13(12)14-16-8-11(7-15)17-14/h9-15H,4-8H2,1-3H3. The Balaban J connectivity index is 2.00. The molecule has 3 nitrogen and oxygen atoms in total. The van der Waals surface area contributed by atoms with E-state index < -0.39 is 0 Å². The fraction of sp³-hybridized carbons (Fsp3) is 1.00. The molecule has 1 aliphatic heterocycles. The van der Waals surface area contributed by atoms with E-state index >= 15 is 0 Å². The summed E-state index contributed by atoms with van der Waals surface area (Å²) in [5.74, 6) is 2.67. The van der Waals surface area contributed by atoms with Gasteiger partial charge in [-0.05, 0) is 30.6 Å². The third kappa shape index (κ3) is 3.01. The van der Waals surface area contributed by atoms with Crippen molar-refractivity contribution in [1.29, 1.82) is 0 Å². The average molecular weight is 242 g/mol.